The molecule has 0 aromatic carbocycles. The van der Waals surface area contributed by atoms with Crippen molar-refractivity contribution >= 4 is 10.0 Å². The van der Waals surface area contributed by atoms with Crippen LogP contribution < -0.4 is 4.72 Å². The van der Waals surface area contributed by atoms with Gasteiger partial charge in [-0.1, -0.05) is 0 Å². The molecule has 2 saturated heterocycles. The molecule has 0 radical (unpaired) electrons. The molecule has 0 saturated carbocycles. The van der Waals surface area contributed by atoms with E-state index in [1.165, 1.54) is 0 Å². The van der Waals surface area contributed by atoms with Crippen molar-refractivity contribution in [3.63, 3.8) is 0 Å². The van der Waals surface area contributed by atoms with E-state index in [0.717, 1.165) is 32.8 Å². The van der Waals surface area contributed by atoms with Crippen molar-refractivity contribution in [2.24, 2.45) is 0 Å². The van der Waals surface area contributed by atoms with Crippen LogP contribution in [0.1, 0.15) is 20.3 Å². The molecule has 1 atom stereocenters. The van der Waals surface area contributed by atoms with Crippen LogP contribution in [0, 0.1) is 0 Å². The molecule has 0 aliphatic carbocycles. The lowest BCUT2D eigenvalue weighted by atomic mass is 10.4. The van der Waals surface area contributed by atoms with E-state index >= 15 is 0 Å². The van der Waals surface area contributed by atoms with E-state index in [-0.39, 0.29) is 18.4 Å². The minimum Gasteiger partial charge on any atom is -0.379 e. The van der Waals surface area contributed by atoms with Gasteiger partial charge in [0.1, 0.15) is 0 Å². The fourth-order valence-electron chi connectivity index (χ4n) is 2.46. The minimum atomic E-state index is -3.25. The molecule has 8 heteroatoms. The lowest BCUT2D eigenvalue weighted by Gasteiger charge is -2.26. The lowest BCUT2D eigenvalue weighted by Crippen LogP contribution is -2.39. The Labute approximate surface area is 127 Å². The van der Waals surface area contributed by atoms with Gasteiger partial charge in [-0.25, -0.2) is 13.1 Å². The second-order valence-corrected chi connectivity index (χ2v) is 7.85. The molecule has 0 aromatic rings. The Balaban J connectivity index is 1.63. The van der Waals surface area contributed by atoms with E-state index in [4.69, 9.17) is 14.2 Å². The standard InChI is InChI=1S/C13H26N2O5S/c1-13(2)19-11-12(20-13)10-14-21(16,17)9-3-4-15-5-7-18-8-6-15/h12,14H,3-11H2,1-2H3. The third-order valence-electron chi connectivity index (χ3n) is 3.59. The smallest absolute Gasteiger partial charge is 0.211 e. The monoisotopic (exact) mass is 322 g/mol. The highest BCUT2D eigenvalue weighted by Crippen LogP contribution is 2.21. The molecular formula is C13H26N2O5S. The predicted molar refractivity (Wildman–Crippen MR) is 78.6 cm³/mol. The molecule has 0 bridgehead atoms. The first-order chi connectivity index (χ1) is 9.86. The Morgan fingerprint density at radius 2 is 2.00 bits per heavy atom. The van der Waals surface area contributed by atoms with Crippen LogP contribution in [0.25, 0.3) is 0 Å². The number of sulfonamides is 1. The molecule has 1 unspecified atom stereocenters. The second-order valence-electron chi connectivity index (χ2n) is 5.93. The van der Waals surface area contributed by atoms with E-state index in [0.29, 0.717) is 13.0 Å². The average Bonchev–Trinajstić information content (AvgIpc) is 2.77. The summed E-state index contributed by atoms with van der Waals surface area (Å²) in [4.78, 5) is 2.23. The molecule has 124 valence electrons. The van der Waals surface area contributed by atoms with Gasteiger partial charge in [-0.2, -0.15) is 0 Å². The highest BCUT2D eigenvalue weighted by Gasteiger charge is 2.33. The van der Waals surface area contributed by atoms with Crippen molar-refractivity contribution in [1.29, 1.82) is 0 Å². The Hall–Kier alpha value is -0.250. The molecule has 0 aromatic heterocycles. The Bertz CT molecular complexity index is 420. The van der Waals surface area contributed by atoms with Crippen molar-refractivity contribution in [3.8, 4) is 0 Å². The van der Waals surface area contributed by atoms with E-state index in [1.807, 2.05) is 13.8 Å². The third-order valence-corrected chi connectivity index (χ3v) is 5.02. The molecule has 2 fully saturated rings. The second kappa shape index (κ2) is 7.34. The van der Waals surface area contributed by atoms with Crippen LogP contribution in [-0.2, 0) is 24.2 Å². The van der Waals surface area contributed by atoms with Gasteiger partial charge in [0, 0.05) is 19.6 Å². The van der Waals surface area contributed by atoms with Crippen LogP contribution in [0.3, 0.4) is 0 Å². The lowest BCUT2D eigenvalue weighted by molar-refractivity contribution is -0.137. The SMILES string of the molecule is CC1(C)OCC(CNS(=O)(=O)CCCN2CCOCC2)O1. The molecule has 2 aliphatic heterocycles. The summed E-state index contributed by atoms with van der Waals surface area (Å²) in [6.07, 6.45) is 0.414. The largest absolute Gasteiger partial charge is 0.379 e. The molecule has 0 spiro atoms. The minimum absolute atomic E-state index is 0.140. The number of hydrogen-bond donors (Lipinski definition) is 1. The summed E-state index contributed by atoms with van der Waals surface area (Å²) in [6, 6.07) is 0. The van der Waals surface area contributed by atoms with Crippen LogP contribution in [0.5, 0.6) is 0 Å². The van der Waals surface area contributed by atoms with Crippen LogP contribution in [-0.4, -0.2) is 77.0 Å². The maximum Gasteiger partial charge on any atom is 0.211 e. The third kappa shape index (κ3) is 6.17. The van der Waals surface area contributed by atoms with Crippen LogP contribution in [0.4, 0.5) is 0 Å². The number of morpholine rings is 1. The molecule has 2 heterocycles. The number of rotatable bonds is 7. The Morgan fingerprint density at radius 3 is 2.62 bits per heavy atom. The summed E-state index contributed by atoms with van der Waals surface area (Å²) in [5.74, 6) is -0.478. The van der Waals surface area contributed by atoms with Crippen LogP contribution >= 0.6 is 0 Å². The maximum absolute atomic E-state index is 11.9. The first-order valence-corrected chi connectivity index (χ1v) is 9.11. The van der Waals surface area contributed by atoms with Gasteiger partial charge in [0.2, 0.25) is 10.0 Å². The van der Waals surface area contributed by atoms with Gasteiger partial charge >= 0.3 is 0 Å². The highest BCUT2D eigenvalue weighted by atomic mass is 32.2. The number of hydrogen-bond acceptors (Lipinski definition) is 6. The van der Waals surface area contributed by atoms with Crippen molar-refractivity contribution in [3.05, 3.63) is 0 Å². The van der Waals surface area contributed by atoms with Crippen molar-refractivity contribution in [2.45, 2.75) is 32.2 Å². The summed E-state index contributed by atoms with van der Waals surface area (Å²) in [6.45, 7) is 8.37. The van der Waals surface area contributed by atoms with Gasteiger partial charge in [0.05, 0.1) is 31.7 Å². The zero-order chi connectivity index (χ0) is 15.3. The molecule has 0 amide bonds. The molecule has 7 nitrogen and oxygen atoms in total. The Morgan fingerprint density at radius 1 is 1.29 bits per heavy atom. The number of ether oxygens (including phenoxy) is 3. The van der Waals surface area contributed by atoms with Gasteiger partial charge in [-0.3, -0.25) is 4.90 Å². The molecule has 2 rings (SSSR count). The first kappa shape index (κ1) is 17.1. The molecule has 1 N–H and O–H groups in total. The summed E-state index contributed by atoms with van der Waals surface area (Å²) in [7, 11) is -3.25. The fourth-order valence-corrected chi connectivity index (χ4v) is 3.55. The van der Waals surface area contributed by atoms with Crippen molar-refractivity contribution < 1.29 is 22.6 Å². The van der Waals surface area contributed by atoms with Crippen molar-refractivity contribution in [1.82, 2.24) is 9.62 Å². The fraction of sp³-hybridized carbons (Fsp3) is 1.00. The topological polar surface area (TPSA) is 77.1 Å². The molecule has 21 heavy (non-hydrogen) atoms. The average molecular weight is 322 g/mol. The van der Waals surface area contributed by atoms with Gasteiger partial charge in [0.15, 0.2) is 5.79 Å². The summed E-state index contributed by atoms with van der Waals surface area (Å²) < 4.78 is 42.7. The Kier molecular flexibility index (Phi) is 5.98. The van der Waals surface area contributed by atoms with Crippen LogP contribution in [0.15, 0.2) is 0 Å². The molecule has 2 aliphatic rings. The number of nitrogens with zero attached hydrogens (tertiary/aromatic N) is 1. The highest BCUT2D eigenvalue weighted by molar-refractivity contribution is 7.89. The quantitative estimate of drug-likeness (QED) is 0.698. The summed E-state index contributed by atoms with van der Waals surface area (Å²) >= 11 is 0. The summed E-state index contributed by atoms with van der Waals surface area (Å²) in [5, 5.41) is 0. The number of nitrogens with one attached hydrogen (secondary N) is 1. The first-order valence-electron chi connectivity index (χ1n) is 7.45. The van der Waals surface area contributed by atoms with E-state index in [9.17, 15) is 8.42 Å². The van der Waals surface area contributed by atoms with E-state index < -0.39 is 15.8 Å². The van der Waals surface area contributed by atoms with Gasteiger partial charge in [-0.15, -0.1) is 0 Å². The van der Waals surface area contributed by atoms with E-state index in [1.54, 1.807) is 0 Å². The predicted octanol–water partition coefficient (Wildman–Crippen LogP) is -0.220. The van der Waals surface area contributed by atoms with Gasteiger partial charge in [0.25, 0.3) is 0 Å². The zero-order valence-electron chi connectivity index (χ0n) is 12.8. The maximum atomic E-state index is 11.9. The van der Waals surface area contributed by atoms with Gasteiger partial charge < -0.3 is 14.2 Å². The molecular weight excluding hydrogens is 296 g/mol. The van der Waals surface area contributed by atoms with Crippen molar-refractivity contribution in [2.75, 3.05) is 51.8 Å². The van der Waals surface area contributed by atoms with Crippen LogP contribution in [0.2, 0.25) is 0 Å². The van der Waals surface area contributed by atoms with Gasteiger partial charge in [-0.05, 0) is 26.8 Å². The van der Waals surface area contributed by atoms with E-state index in [2.05, 4.69) is 9.62 Å². The summed E-state index contributed by atoms with van der Waals surface area (Å²) in [5.41, 5.74) is 0. The normalized spacial score (nSPS) is 27.0. The zero-order valence-corrected chi connectivity index (χ0v) is 13.7.